The fourth-order valence-corrected chi connectivity index (χ4v) is 4.39. The first-order valence-electron chi connectivity index (χ1n) is 9.81. The van der Waals surface area contributed by atoms with Gasteiger partial charge in [0, 0.05) is 18.7 Å². The minimum absolute atomic E-state index is 0.620. The second-order valence-electron chi connectivity index (χ2n) is 7.35. The quantitative estimate of drug-likeness (QED) is 0.222. The van der Waals surface area contributed by atoms with E-state index in [2.05, 4.69) is 88.8 Å². The summed E-state index contributed by atoms with van der Waals surface area (Å²) in [5.74, 6) is 0.837. The van der Waals surface area contributed by atoms with Crippen molar-refractivity contribution in [2.24, 2.45) is 0 Å². The van der Waals surface area contributed by atoms with E-state index in [0.717, 1.165) is 32.5 Å². The fraction of sp³-hybridized carbons (Fsp3) is 0.154. The Morgan fingerprint density at radius 1 is 0.613 bits per heavy atom. The van der Waals surface area contributed by atoms with Crippen molar-refractivity contribution in [3.63, 3.8) is 0 Å². The Labute approximate surface area is 205 Å². The lowest BCUT2D eigenvalue weighted by atomic mass is 9.81. The number of ether oxygens (including phenoxy) is 2. The zero-order valence-electron chi connectivity index (χ0n) is 17.2. The first kappa shape index (κ1) is 22.3. The lowest BCUT2D eigenvalue weighted by molar-refractivity contribution is 0.0421. The van der Waals surface area contributed by atoms with Gasteiger partial charge in [0.1, 0.15) is 17.0 Å². The van der Waals surface area contributed by atoms with E-state index in [9.17, 15) is 0 Å². The van der Waals surface area contributed by atoms with E-state index in [1.165, 1.54) is 0 Å². The standard InChI is InChI=1S/C26H22BrIO3/c1-29-25(15-17-26(30-2,18-16-25)22-9-11-23(27)12-10-22)21-7-3-19(4-8-21)20-5-13-24(31-28)14-6-20/h3-18H,1-2H3. The van der Waals surface area contributed by atoms with Crippen molar-refractivity contribution in [2.45, 2.75) is 11.2 Å². The SMILES string of the molecule is COC1(c2ccc(Br)cc2)C=CC(OC)(c2ccc(-c3ccc(OI)cc3)cc2)C=C1. The third-order valence-corrected chi connectivity index (χ3v) is 6.78. The lowest BCUT2D eigenvalue weighted by Crippen LogP contribution is -2.33. The molecule has 0 unspecified atom stereocenters. The number of benzene rings is 3. The highest BCUT2D eigenvalue weighted by Gasteiger charge is 2.36. The summed E-state index contributed by atoms with van der Waals surface area (Å²) < 4.78 is 18.2. The molecule has 4 rings (SSSR count). The maximum absolute atomic E-state index is 5.98. The first-order chi connectivity index (χ1) is 15.0. The highest BCUT2D eigenvalue weighted by atomic mass is 127. The van der Waals surface area contributed by atoms with E-state index < -0.39 is 11.2 Å². The van der Waals surface area contributed by atoms with Gasteiger partial charge in [0.2, 0.25) is 0 Å². The van der Waals surface area contributed by atoms with Crippen LogP contribution in [0.1, 0.15) is 11.1 Å². The van der Waals surface area contributed by atoms with Gasteiger partial charge in [-0.1, -0.05) is 64.5 Å². The summed E-state index contributed by atoms with van der Waals surface area (Å²) >= 11 is 5.38. The Kier molecular flexibility index (Phi) is 6.67. The van der Waals surface area contributed by atoms with Crippen molar-refractivity contribution in [3.8, 4) is 16.9 Å². The number of rotatable bonds is 6. The van der Waals surface area contributed by atoms with Crippen LogP contribution in [0.3, 0.4) is 0 Å². The summed E-state index contributed by atoms with van der Waals surface area (Å²) in [7, 11) is 3.45. The number of hydrogen-bond donors (Lipinski definition) is 0. The summed E-state index contributed by atoms with van der Waals surface area (Å²) in [5.41, 5.74) is 3.13. The molecule has 0 N–H and O–H groups in total. The zero-order valence-corrected chi connectivity index (χ0v) is 21.0. The average molecular weight is 589 g/mol. The smallest absolute Gasteiger partial charge is 0.192 e. The Bertz CT molecular complexity index is 1070. The maximum atomic E-state index is 5.98. The lowest BCUT2D eigenvalue weighted by Gasteiger charge is -2.36. The monoisotopic (exact) mass is 588 g/mol. The van der Waals surface area contributed by atoms with Crippen molar-refractivity contribution < 1.29 is 12.5 Å². The van der Waals surface area contributed by atoms with E-state index in [-0.39, 0.29) is 0 Å². The van der Waals surface area contributed by atoms with Gasteiger partial charge in [-0.3, -0.25) is 0 Å². The van der Waals surface area contributed by atoms with Crippen LogP contribution in [0.2, 0.25) is 0 Å². The summed E-state index contributed by atoms with van der Waals surface area (Å²) in [6, 6.07) is 24.6. The van der Waals surface area contributed by atoms with Crippen molar-refractivity contribution in [2.75, 3.05) is 14.2 Å². The second-order valence-corrected chi connectivity index (χ2v) is 8.70. The normalized spacial score (nSPS) is 22.5. The van der Waals surface area contributed by atoms with Gasteiger partial charge in [-0.05, 0) is 70.8 Å². The number of halogens is 2. The van der Waals surface area contributed by atoms with Gasteiger partial charge < -0.3 is 12.5 Å². The number of hydrogen-bond acceptors (Lipinski definition) is 3. The van der Waals surface area contributed by atoms with Crippen LogP contribution in [0.25, 0.3) is 11.1 Å². The van der Waals surface area contributed by atoms with Crippen LogP contribution < -0.4 is 3.07 Å². The first-order valence-corrected chi connectivity index (χ1v) is 11.5. The van der Waals surface area contributed by atoms with Crippen LogP contribution in [-0.2, 0) is 20.7 Å². The summed E-state index contributed by atoms with van der Waals surface area (Å²) in [5, 5.41) is 0. The van der Waals surface area contributed by atoms with Crippen LogP contribution in [-0.4, -0.2) is 14.2 Å². The molecule has 1 aliphatic rings. The Morgan fingerprint density at radius 3 is 1.39 bits per heavy atom. The molecular weight excluding hydrogens is 567 g/mol. The molecule has 0 saturated carbocycles. The van der Waals surface area contributed by atoms with Crippen LogP contribution >= 0.6 is 38.9 Å². The minimum Gasteiger partial charge on any atom is -0.428 e. The average Bonchev–Trinajstić information content (AvgIpc) is 2.85. The van der Waals surface area contributed by atoms with Crippen molar-refractivity contribution in [3.05, 3.63) is 113 Å². The molecule has 0 heterocycles. The topological polar surface area (TPSA) is 27.7 Å². The van der Waals surface area contributed by atoms with Gasteiger partial charge in [0.15, 0.2) is 23.0 Å². The molecule has 0 aromatic heterocycles. The molecular formula is C26H22BrIO3. The predicted molar refractivity (Wildman–Crippen MR) is 136 cm³/mol. The molecule has 0 radical (unpaired) electrons. The predicted octanol–water partition coefficient (Wildman–Crippen LogP) is 7.35. The molecule has 0 spiro atoms. The summed E-state index contributed by atoms with van der Waals surface area (Å²) in [4.78, 5) is 0. The van der Waals surface area contributed by atoms with Gasteiger partial charge in [-0.15, -0.1) is 0 Å². The molecule has 3 aromatic carbocycles. The van der Waals surface area contributed by atoms with Gasteiger partial charge in [0.05, 0.1) is 0 Å². The molecule has 3 aromatic rings. The number of methoxy groups -OCH3 is 2. The van der Waals surface area contributed by atoms with Crippen molar-refractivity contribution in [1.82, 2.24) is 0 Å². The van der Waals surface area contributed by atoms with Gasteiger partial charge >= 0.3 is 0 Å². The summed E-state index contributed by atoms with van der Waals surface area (Å²) in [6.45, 7) is 0. The largest absolute Gasteiger partial charge is 0.428 e. The Morgan fingerprint density at radius 2 is 1.00 bits per heavy atom. The van der Waals surface area contributed by atoms with Gasteiger partial charge in [0.25, 0.3) is 0 Å². The highest BCUT2D eigenvalue weighted by Crippen LogP contribution is 2.40. The van der Waals surface area contributed by atoms with Crippen LogP contribution in [0.15, 0.2) is 102 Å². The van der Waals surface area contributed by atoms with E-state index >= 15 is 0 Å². The van der Waals surface area contributed by atoms with Crippen LogP contribution in [0, 0.1) is 0 Å². The van der Waals surface area contributed by atoms with Gasteiger partial charge in [-0.2, -0.15) is 0 Å². The molecule has 158 valence electrons. The molecule has 0 saturated heterocycles. The van der Waals surface area contributed by atoms with Gasteiger partial charge in [-0.25, -0.2) is 0 Å². The Hall–Kier alpha value is -1.93. The third-order valence-electron chi connectivity index (χ3n) is 5.74. The summed E-state index contributed by atoms with van der Waals surface area (Å²) in [6.07, 6.45) is 8.27. The maximum Gasteiger partial charge on any atom is 0.192 e. The third kappa shape index (κ3) is 4.37. The highest BCUT2D eigenvalue weighted by molar-refractivity contribution is 14.1. The van der Waals surface area contributed by atoms with Crippen molar-refractivity contribution in [1.29, 1.82) is 0 Å². The van der Waals surface area contributed by atoms with Crippen molar-refractivity contribution >= 4 is 38.9 Å². The molecule has 5 heteroatoms. The van der Waals surface area contributed by atoms with E-state index in [1.54, 1.807) is 14.2 Å². The molecule has 0 aliphatic heterocycles. The molecule has 3 nitrogen and oxygen atoms in total. The van der Waals surface area contributed by atoms with E-state index in [0.29, 0.717) is 0 Å². The molecule has 0 fully saturated rings. The fourth-order valence-electron chi connectivity index (χ4n) is 3.83. The molecule has 31 heavy (non-hydrogen) atoms. The second kappa shape index (κ2) is 9.28. The minimum atomic E-state index is -0.644. The molecule has 0 amide bonds. The molecule has 0 bridgehead atoms. The zero-order chi connectivity index (χ0) is 21.9. The van der Waals surface area contributed by atoms with E-state index in [1.807, 2.05) is 47.3 Å². The van der Waals surface area contributed by atoms with Crippen LogP contribution in [0.5, 0.6) is 5.75 Å². The molecule has 1 aliphatic carbocycles. The Balaban J connectivity index is 1.63. The van der Waals surface area contributed by atoms with Crippen LogP contribution in [0.4, 0.5) is 0 Å². The van der Waals surface area contributed by atoms with E-state index in [4.69, 9.17) is 12.5 Å². The molecule has 0 atom stereocenters.